The molecule has 0 aliphatic heterocycles. The molecule has 0 unspecified atom stereocenters. The Morgan fingerprint density at radius 2 is 2.00 bits per heavy atom. The monoisotopic (exact) mass is 238 g/mol. The molecule has 17 heavy (non-hydrogen) atoms. The van der Waals surface area contributed by atoms with Gasteiger partial charge in [0.2, 0.25) is 0 Å². The van der Waals surface area contributed by atoms with Gasteiger partial charge in [0.25, 0.3) is 0 Å². The molecular weight excluding hydrogens is 224 g/mol. The number of hydrogen-bond donors (Lipinski definition) is 2. The van der Waals surface area contributed by atoms with Crippen LogP contribution < -0.4 is 0 Å². The van der Waals surface area contributed by atoms with Crippen LogP contribution in [0.3, 0.4) is 0 Å². The van der Waals surface area contributed by atoms with Gasteiger partial charge in [-0.05, 0) is 17.7 Å². The van der Waals surface area contributed by atoms with Gasteiger partial charge in [-0.25, -0.2) is 4.79 Å². The summed E-state index contributed by atoms with van der Waals surface area (Å²) in [7, 11) is 2.62. The fraction of sp³-hybridized carbons (Fsp3) is 0.250. The predicted octanol–water partition coefficient (Wildman–Crippen LogP) is 1.18. The van der Waals surface area contributed by atoms with Crippen molar-refractivity contribution < 1.29 is 24.5 Å². The van der Waals surface area contributed by atoms with Crippen LogP contribution in [0, 0.1) is 0 Å². The molecule has 5 nitrogen and oxygen atoms in total. The quantitative estimate of drug-likeness (QED) is 0.595. The first-order chi connectivity index (χ1) is 8.01. The molecule has 0 aliphatic carbocycles. The SMILES string of the molecule is COC(O)(OC)c1cccc(/C=C/C(=O)O)c1. The highest BCUT2D eigenvalue weighted by atomic mass is 16.8. The molecule has 0 amide bonds. The number of carboxylic acid groups (broad SMARTS) is 1. The van der Waals surface area contributed by atoms with Crippen molar-refractivity contribution in [2.75, 3.05) is 14.2 Å². The van der Waals surface area contributed by atoms with Crippen molar-refractivity contribution in [2.24, 2.45) is 0 Å². The number of hydrogen-bond acceptors (Lipinski definition) is 4. The van der Waals surface area contributed by atoms with Crippen molar-refractivity contribution in [1.82, 2.24) is 0 Å². The van der Waals surface area contributed by atoms with Gasteiger partial charge in [-0.1, -0.05) is 18.2 Å². The van der Waals surface area contributed by atoms with Crippen LogP contribution in [-0.4, -0.2) is 30.4 Å². The highest BCUT2D eigenvalue weighted by Crippen LogP contribution is 2.23. The second-order valence-electron chi connectivity index (χ2n) is 3.29. The summed E-state index contributed by atoms with van der Waals surface area (Å²) in [6, 6.07) is 6.56. The Morgan fingerprint density at radius 1 is 1.35 bits per heavy atom. The number of benzene rings is 1. The van der Waals surface area contributed by atoms with Crippen molar-refractivity contribution >= 4 is 12.0 Å². The maximum Gasteiger partial charge on any atom is 0.328 e. The minimum atomic E-state index is -1.83. The summed E-state index contributed by atoms with van der Waals surface area (Å²) < 4.78 is 9.69. The fourth-order valence-corrected chi connectivity index (χ4v) is 1.33. The Bertz CT molecular complexity index is 421. The van der Waals surface area contributed by atoms with E-state index in [0.29, 0.717) is 11.1 Å². The molecule has 5 heteroatoms. The zero-order chi connectivity index (χ0) is 12.9. The molecular formula is C12H14O5. The Morgan fingerprint density at radius 3 is 2.53 bits per heavy atom. The average molecular weight is 238 g/mol. The zero-order valence-corrected chi connectivity index (χ0v) is 9.58. The van der Waals surface area contributed by atoms with Crippen molar-refractivity contribution in [3.8, 4) is 0 Å². The first kappa shape index (κ1) is 13.4. The fourth-order valence-electron chi connectivity index (χ4n) is 1.33. The lowest BCUT2D eigenvalue weighted by Gasteiger charge is -2.24. The van der Waals surface area contributed by atoms with Gasteiger partial charge in [0, 0.05) is 25.9 Å². The molecule has 0 aliphatic rings. The van der Waals surface area contributed by atoms with Crippen molar-refractivity contribution in [2.45, 2.75) is 5.97 Å². The van der Waals surface area contributed by atoms with Gasteiger partial charge in [-0.15, -0.1) is 0 Å². The summed E-state index contributed by atoms with van der Waals surface area (Å²) in [5, 5.41) is 18.4. The molecule has 0 saturated carbocycles. The van der Waals surface area contributed by atoms with E-state index < -0.39 is 11.9 Å². The summed E-state index contributed by atoms with van der Waals surface area (Å²) in [4.78, 5) is 10.4. The lowest BCUT2D eigenvalue weighted by atomic mass is 10.1. The molecule has 2 N–H and O–H groups in total. The van der Waals surface area contributed by atoms with E-state index in [1.165, 1.54) is 20.3 Å². The lowest BCUT2D eigenvalue weighted by Crippen LogP contribution is -2.30. The highest BCUT2D eigenvalue weighted by molar-refractivity contribution is 5.85. The second-order valence-corrected chi connectivity index (χ2v) is 3.29. The molecule has 0 saturated heterocycles. The molecule has 0 aromatic heterocycles. The summed E-state index contributed by atoms with van der Waals surface area (Å²) in [5.74, 6) is -2.86. The predicted molar refractivity (Wildman–Crippen MR) is 61.0 cm³/mol. The van der Waals surface area contributed by atoms with Gasteiger partial charge in [0.1, 0.15) is 0 Å². The Balaban J connectivity index is 3.04. The number of aliphatic carboxylic acids is 1. The molecule has 0 atom stereocenters. The van der Waals surface area contributed by atoms with Crippen molar-refractivity contribution in [3.63, 3.8) is 0 Å². The number of carboxylic acids is 1. The smallest absolute Gasteiger partial charge is 0.328 e. The molecule has 0 heterocycles. The van der Waals surface area contributed by atoms with E-state index in [1.807, 2.05) is 0 Å². The van der Waals surface area contributed by atoms with Crippen LogP contribution in [0.25, 0.3) is 6.08 Å². The topological polar surface area (TPSA) is 76.0 Å². The first-order valence-electron chi connectivity index (χ1n) is 4.86. The number of methoxy groups -OCH3 is 2. The standard InChI is InChI=1S/C12H14O5/c1-16-12(15,17-2)10-5-3-4-9(8-10)6-7-11(13)14/h3-8,15H,1-2H3,(H,13,14)/b7-6+. The maximum atomic E-state index is 10.4. The van der Waals surface area contributed by atoms with E-state index in [9.17, 15) is 9.90 Å². The van der Waals surface area contributed by atoms with Crippen LogP contribution in [0.1, 0.15) is 11.1 Å². The normalized spacial score (nSPS) is 11.9. The zero-order valence-electron chi connectivity index (χ0n) is 9.58. The van der Waals surface area contributed by atoms with E-state index in [4.69, 9.17) is 14.6 Å². The molecule has 1 aromatic rings. The largest absolute Gasteiger partial charge is 0.478 e. The second kappa shape index (κ2) is 5.58. The van der Waals surface area contributed by atoms with E-state index >= 15 is 0 Å². The van der Waals surface area contributed by atoms with E-state index in [2.05, 4.69) is 0 Å². The number of carbonyl (C=O) groups is 1. The number of rotatable bonds is 5. The van der Waals surface area contributed by atoms with Crippen molar-refractivity contribution in [3.05, 3.63) is 41.5 Å². The molecule has 1 aromatic carbocycles. The molecule has 0 radical (unpaired) electrons. The van der Waals surface area contributed by atoms with Gasteiger partial charge in [0.05, 0.1) is 0 Å². The number of aliphatic hydroxyl groups is 1. The van der Waals surface area contributed by atoms with Crippen LogP contribution in [0.2, 0.25) is 0 Å². The summed E-state index contributed by atoms with van der Waals surface area (Å²) in [5.41, 5.74) is 1.01. The third-order valence-corrected chi connectivity index (χ3v) is 2.22. The van der Waals surface area contributed by atoms with Gasteiger partial charge in [0.15, 0.2) is 0 Å². The molecule has 1 rings (SSSR count). The van der Waals surface area contributed by atoms with Gasteiger partial charge in [-0.3, -0.25) is 0 Å². The molecule has 0 spiro atoms. The third kappa shape index (κ3) is 3.39. The molecule has 92 valence electrons. The van der Waals surface area contributed by atoms with Crippen LogP contribution in [0.4, 0.5) is 0 Å². The first-order valence-corrected chi connectivity index (χ1v) is 4.86. The maximum absolute atomic E-state index is 10.4. The average Bonchev–Trinajstić information content (AvgIpc) is 2.35. The summed E-state index contributed by atoms with van der Waals surface area (Å²) >= 11 is 0. The number of ether oxygens (including phenoxy) is 2. The Hall–Kier alpha value is -1.69. The minimum Gasteiger partial charge on any atom is -0.478 e. The van der Waals surface area contributed by atoms with Crippen LogP contribution in [0.15, 0.2) is 30.3 Å². The lowest BCUT2D eigenvalue weighted by molar-refractivity contribution is -0.352. The minimum absolute atomic E-state index is 0.384. The summed E-state index contributed by atoms with van der Waals surface area (Å²) in [6.45, 7) is 0. The van der Waals surface area contributed by atoms with E-state index in [0.717, 1.165) is 6.08 Å². The highest BCUT2D eigenvalue weighted by Gasteiger charge is 2.28. The third-order valence-electron chi connectivity index (χ3n) is 2.22. The Labute approximate surface area is 98.9 Å². The Kier molecular flexibility index (Phi) is 4.39. The van der Waals surface area contributed by atoms with Gasteiger partial charge in [-0.2, -0.15) is 0 Å². The van der Waals surface area contributed by atoms with Crippen LogP contribution in [-0.2, 0) is 20.2 Å². The summed E-state index contributed by atoms with van der Waals surface area (Å²) in [6.07, 6.45) is 2.43. The molecule has 0 fully saturated rings. The van der Waals surface area contributed by atoms with Crippen LogP contribution >= 0.6 is 0 Å². The van der Waals surface area contributed by atoms with Crippen molar-refractivity contribution in [1.29, 1.82) is 0 Å². The van der Waals surface area contributed by atoms with E-state index in [-0.39, 0.29) is 0 Å². The van der Waals surface area contributed by atoms with Gasteiger partial charge < -0.3 is 19.7 Å². The molecule has 0 bridgehead atoms. The van der Waals surface area contributed by atoms with E-state index in [1.54, 1.807) is 24.3 Å². The van der Waals surface area contributed by atoms with Crippen LogP contribution in [0.5, 0.6) is 0 Å². The van der Waals surface area contributed by atoms with Gasteiger partial charge >= 0.3 is 11.9 Å².